The molecule has 0 aliphatic carbocycles. The van der Waals surface area contributed by atoms with Crippen LogP contribution in [0.15, 0.2) is 24.3 Å². The minimum atomic E-state index is -0.865. The van der Waals surface area contributed by atoms with Gasteiger partial charge in [0.1, 0.15) is 0 Å². The maximum Gasteiger partial charge on any atom is 0.335 e. The van der Waals surface area contributed by atoms with Crippen LogP contribution in [-0.2, 0) is 6.42 Å². The van der Waals surface area contributed by atoms with Crippen molar-refractivity contribution in [3.05, 3.63) is 35.5 Å². The number of carboxylic acids is 1. The number of nitrogens with one attached hydrogen (secondary N) is 1. The summed E-state index contributed by atoms with van der Waals surface area (Å²) in [7, 11) is 0. The van der Waals surface area contributed by atoms with E-state index < -0.39 is 5.97 Å². The molecule has 0 unspecified atom stereocenters. The summed E-state index contributed by atoms with van der Waals surface area (Å²) in [5.41, 5.74) is 2.61. The maximum atomic E-state index is 11.0. The minimum Gasteiger partial charge on any atom is -0.478 e. The number of H-pyrrole nitrogens is 1. The lowest BCUT2D eigenvalue weighted by Gasteiger charge is -2.03. The summed E-state index contributed by atoms with van der Waals surface area (Å²) >= 11 is 0. The summed E-state index contributed by atoms with van der Waals surface area (Å²) in [5.74, 6) is -0.865. The smallest absolute Gasteiger partial charge is 0.335 e. The van der Waals surface area contributed by atoms with Gasteiger partial charge in [-0.05, 0) is 37.1 Å². The Balaban J connectivity index is 1.50. The highest BCUT2D eigenvalue weighted by Crippen LogP contribution is 2.19. The van der Waals surface area contributed by atoms with Gasteiger partial charge in [-0.2, -0.15) is 0 Å². The van der Waals surface area contributed by atoms with Gasteiger partial charge >= 0.3 is 5.97 Å². The summed E-state index contributed by atoms with van der Waals surface area (Å²) in [6.07, 6.45) is 18.9. The molecule has 3 heteroatoms. The van der Waals surface area contributed by atoms with Gasteiger partial charge in [0, 0.05) is 16.6 Å². The Morgan fingerprint density at radius 1 is 0.815 bits per heavy atom. The van der Waals surface area contributed by atoms with Gasteiger partial charge in [-0.1, -0.05) is 84.0 Å². The van der Waals surface area contributed by atoms with E-state index in [1.807, 2.05) is 6.07 Å². The lowest BCUT2D eigenvalue weighted by molar-refractivity contribution is 0.0697. The van der Waals surface area contributed by atoms with Crippen LogP contribution in [0.3, 0.4) is 0 Å². The average molecular weight is 372 g/mol. The van der Waals surface area contributed by atoms with E-state index in [1.165, 1.54) is 89.2 Å². The standard InChI is InChI=1S/C24H37NO2/c1-2-3-4-5-6-7-8-9-10-11-12-13-14-15-22-19-21-18-20(24(26)27)16-17-23(21)25-22/h16-19,25H,2-15H2,1H3,(H,26,27). The summed E-state index contributed by atoms with van der Waals surface area (Å²) in [6.45, 7) is 2.27. The van der Waals surface area contributed by atoms with E-state index in [4.69, 9.17) is 5.11 Å². The van der Waals surface area contributed by atoms with E-state index in [2.05, 4.69) is 18.0 Å². The molecule has 1 heterocycles. The third kappa shape index (κ3) is 8.19. The second kappa shape index (κ2) is 12.6. The Kier molecular flexibility index (Phi) is 10.0. The molecule has 0 radical (unpaired) electrons. The lowest BCUT2D eigenvalue weighted by atomic mass is 10.0. The number of hydrogen-bond donors (Lipinski definition) is 2. The number of aromatic carboxylic acids is 1. The second-order valence-corrected chi connectivity index (χ2v) is 7.89. The van der Waals surface area contributed by atoms with Crippen LogP contribution in [0.1, 0.15) is 106 Å². The Hall–Kier alpha value is -1.77. The van der Waals surface area contributed by atoms with Gasteiger partial charge in [0.05, 0.1) is 5.56 Å². The van der Waals surface area contributed by atoms with Gasteiger partial charge in [0.15, 0.2) is 0 Å². The first kappa shape index (κ1) is 21.5. The third-order valence-electron chi connectivity index (χ3n) is 5.47. The van der Waals surface area contributed by atoms with Gasteiger partial charge in [-0.25, -0.2) is 4.79 Å². The lowest BCUT2D eigenvalue weighted by Crippen LogP contribution is -1.94. The number of aromatic nitrogens is 1. The van der Waals surface area contributed by atoms with Crippen molar-refractivity contribution >= 4 is 16.9 Å². The van der Waals surface area contributed by atoms with Crippen LogP contribution >= 0.6 is 0 Å². The van der Waals surface area contributed by atoms with E-state index in [1.54, 1.807) is 12.1 Å². The topological polar surface area (TPSA) is 53.1 Å². The number of hydrogen-bond acceptors (Lipinski definition) is 1. The van der Waals surface area contributed by atoms with Gasteiger partial charge < -0.3 is 10.1 Å². The molecule has 3 nitrogen and oxygen atoms in total. The van der Waals surface area contributed by atoms with E-state index in [0.717, 1.165) is 17.3 Å². The number of aromatic amines is 1. The van der Waals surface area contributed by atoms with Crippen LogP contribution < -0.4 is 0 Å². The normalized spacial score (nSPS) is 11.3. The van der Waals surface area contributed by atoms with Crippen LogP contribution in [-0.4, -0.2) is 16.1 Å². The fourth-order valence-electron chi connectivity index (χ4n) is 3.79. The number of unbranched alkanes of at least 4 members (excludes halogenated alkanes) is 12. The number of carboxylic acid groups (broad SMARTS) is 1. The molecule has 0 aliphatic rings. The molecule has 0 fully saturated rings. The van der Waals surface area contributed by atoms with Crippen molar-refractivity contribution in [3.63, 3.8) is 0 Å². The highest BCUT2D eigenvalue weighted by molar-refractivity contribution is 5.93. The molecule has 0 saturated carbocycles. The molecule has 0 aliphatic heterocycles. The first-order valence-electron chi connectivity index (χ1n) is 11.1. The maximum absolute atomic E-state index is 11.0. The molecule has 27 heavy (non-hydrogen) atoms. The fraction of sp³-hybridized carbons (Fsp3) is 0.625. The zero-order valence-electron chi connectivity index (χ0n) is 17.1. The predicted molar refractivity (Wildman–Crippen MR) is 115 cm³/mol. The van der Waals surface area contributed by atoms with E-state index in [9.17, 15) is 4.79 Å². The van der Waals surface area contributed by atoms with Crippen LogP contribution in [0, 0.1) is 0 Å². The van der Waals surface area contributed by atoms with Crippen molar-refractivity contribution in [2.24, 2.45) is 0 Å². The number of rotatable bonds is 15. The molecular weight excluding hydrogens is 334 g/mol. The number of fused-ring (bicyclic) bond motifs is 1. The second-order valence-electron chi connectivity index (χ2n) is 7.89. The summed E-state index contributed by atoms with van der Waals surface area (Å²) in [4.78, 5) is 14.5. The minimum absolute atomic E-state index is 0.356. The van der Waals surface area contributed by atoms with Gasteiger partial charge in [0.2, 0.25) is 0 Å². The quantitative estimate of drug-likeness (QED) is 0.318. The zero-order valence-corrected chi connectivity index (χ0v) is 17.1. The third-order valence-corrected chi connectivity index (χ3v) is 5.47. The van der Waals surface area contributed by atoms with E-state index >= 15 is 0 Å². The molecule has 2 aromatic rings. The number of aryl methyl sites for hydroxylation is 1. The average Bonchev–Trinajstić information content (AvgIpc) is 3.07. The molecule has 2 N–H and O–H groups in total. The van der Waals surface area contributed by atoms with Crippen molar-refractivity contribution in [3.8, 4) is 0 Å². The van der Waals surface area contributed by atoms with Gasteiger partial charge in [0.25, 0.3) is 0 Å². The van der Waals surface area contributed by atoms with Crippen LogP contribution in [0.25, 0.3) is 10.9 Å². The highest BCUT2D eigenvalue weighted by atomic mass is 16.4. The summed E-state index contributed by atoms with van der Waals surface area (Å²) in [6, 6.07) is 7.38. The van der Waals surface area contributed by atoms with Gasteiger partial charge in [-0.3, -0.25) is 0 Å². The van der Waals surface area contributed by atoms with Gasteiger partial charge in [-0.15, -0.1) is 0 Å². The fourth-order valence-corrected chi connectivity index (χ4v) is 3.79. The van der Waals surface area contributed by atoms with E-state index in [-0.39, 0.29) is 0 Å². The number of carbonyl (C=O) groups is 1. The highest BCUT2D eigenvalue weighted by Gasteiger charge is 2.06. The van der Waals surface area contributed by atoms with Crippen LogP contribution in [0.2, 0.25) is 0 Å². The van der Waals surface area contributed by atoms with Crippen molar-refractivity contribution in [1.82, 2.24) is 4.98 Å². The van der Waals surface area contributed by atoms with E-state index in [0.29, 0.717) is 5.56 Å². The molecule has 0 saturated heterocycles. The van der Waals surface area contributed by atoms with Crippen molar-refractivity contribution in [2.45, 2.75) is 96.8 Å². The first-order chi connectivity index (χ1) is 13.2. The largest absolute Gasteiger partial charge is 0.478 e. The monoisotopic (exact) mass is 371 g/mol. The van der Waals surface area contributed by atoms with Crippen LogP contribution in [0.4, 0.5) is 0 Å². The molecule has 0 atom stereocenters. The predicted octanol–water partition coefficient (Wildman–Crippen LogP) is 7.50. The first-order valence-corrected chi connectivity index (χ1v) is 11.1. The molecule has 0 spiro atoms. The Bertz CT molecular complexity index is 674. The molecule has 2 rings (SSSR count). The SMILES string of the molecule is CCCCCCCCCCCCCCCc1cc2cc(C(=O)O)ccc2[nH]1. The number of benzene rings is 1. The molecule has 1 aromatic carbocycles. The van der Waals surface area contributed by atoms with Crippen molar-refractivity contribution in [1.29, 1.82) is 0 Å². The van der Waals surface area contributed by atoms with Crippen molar-refractivity contribution in [2.75, 3.05) is 0 Å². The Morgan fingerprint density at radius 2 is 1.37 bits per heavy atom. The molecule has 0 bridgehead atoms. The zero-order chi connectivity index (χ0) is 19.3. The summed E-state index contributed by atoms with van der Waals surface area (Å²) in [5, 5.41) is 10.1. The molecule has 150 valence electrons. The molecule has 1 aromatic heterocycles. The Labute approximate surface area is 164 Å². The van der Waals surface area contributed by atoms with Crippen LogP contribution in [0.5, 0.6) is 0 Å². The molecular formula is C24H37NO2. The molecule has 0 amide bonds. The summed E-state index contributed by atoms with van der Waals surface area (Å²) < 4.78 is 0. The Morgan fingerprint density at radius 3 is 1.93 bits per heavy atom. The van der Waals surface area contributed by atoms with Crippen molar-refractivity contribution < 1.29 is 9.90 Å².